The van der Waals surface area contributed by atoms with Gasteiger partial charge < -0.3 is 9.84 Å². The number of carbonyl (C=O) groups is 2. The van der Waals surface area contributed by atoms with Crippen LogP contribution in [0.5, 0.6) is 0 Å². The van der Waals surface area contributed by atoms with Gasteiger partial charge in [-0.05, 0) is 39.0 Å². The van der Waals surface area contributed by atoms with Crippen molar-refractivity contribution in [2.45, 2.75) is 26.4 Å². The number of aromatic carboxylic acids is 1. The Morgan fingerprint density at radius 2 is 1.70 bits per heavy atom. The molecule has 1 aromatic carbocycles. The third kappa shape index (κ3) is 5.06. The monoisotopic (exact) mass is 427 g/mol. The van der Waals surface area contributed by atoms with E-state index in [0.29, 0.717) is 10.7 Å². The van der Waals surface area contributed by atoms with Crippen LogP contribution in [0.2, 0.25) is 5.02 Å². The normalized spacial score (nSPS) is 11.1. The first-order valence-corrected chi connectivity index (χ1v) is 9.18. The van der Waals surface area contributed by atoms with Gasteiger partial charge in [0.25, 0.3) is 0 Å². The molecule has 0 saturated carbocycles. The molecule has 0 radical (unpaired) electrons. The molecule has 0 atom stereocenters. The largest absolute Gasteiger partial charge is 0.476 e. The van der Waals surface area contributed by atoms with Crippen molar-refractivity contribution in [1.29, 1.82) is 0 Å². The highest BCUT2D eigenvalue weighted by molar-refractivity contribution is 6.31. The van der Waals surface area contributed by atoms with E-state index < -0.39 is 17.7 Å². The number of ether oxygens (including phenoxy) is 1. The Bertz CT molecular complexity index is 1100. The zero-order chi connectivity index (χ0) is 21.9. The van der Waals surface area contributed by atoms with E-state index in [0.717, 1.165) is 6.20 Å². The van der Waals surface area contributed by atoms with Gasteiger partial charge in [0.15, 0.2) is 11.5 Å². The van der Waals surface area contributed by atoms with Gasteiger partial charge in [-0.15, -0.1) is 0 Å². The van der Waals surface area contributed by atoms with Gasteiger partial charge in [-0.2, -0.15) is 0 Å². The van der Waals surface area contributed by atoms with Crippen molar-refractivity contribution in [2.24, 2.45) is 0 Å². The lowest BCUT2D eigenvalue weighted by molar-refractivity contribution is 0.0597. The fourth-order valence-electron chi connectivity index (χ4n) is 2.43. The lowest BCUT2D eigenvalue weighted by Crippen LogP contribution is -2.34. The predicted octanol–water partition coefficient (Wildman–Crippen LogP) is 4.36. The SMILES string of the molecule is CC(C)(C)OC(=O)N(c1cccc(Cl)c1)c1cncc(-c2cncc(C(=O)O)n2)n1. The Balaban J connectivity index is 2.08. The van der Waals surface area contributed by atoms with Crippen LogP contribution in [-0.2, 0) is 4.74 Å². The van der Waals surface area contributed by atoms with Gasteiger partial charge in [0.1, 0.15) is 17.0 Å². The van der Waals surface area contributed by atoms with Crippen molar-refractivity contribution in [3.63, 3.8) is 0 Å². The Labute approximate surface area is 177 Å². The van der Waals surface area contributed by atoms with E-state index >= 15 is 0 Å². The third-order valence-electron chi connectivity index (χ3n) is 3.61. The topological polar surface area (TPSA) is 118 Å². The number of carbonyl (C=O) groups excluding carboxylic acids is 1. The Morgan fingerprint density at radius 3 is 2.33 bits per heavy atom. The van der Waals surface area contributed by atoms with Crippen molar-refractivity contribution in [1.82, 2.24) is 19.9 Å². The van der Waals surface area contributed by atoms with Crippen LogP contribution in [0, 0.1) is 0 Å². The second-order valence-corrected chi connectivity index (χ2v) is 7.59. The number of aromatic nitrogens is 4. The number of anilines is 2. The molecule has 0 spiro atoms. The average Bonchev–Trinajstić information content (AvgIpc) is 2.67. The number of carboxylic acids is 1. The maximum atomic E-state index is 12.9. The molecular formula is C20H18ClN5O4. The molecule has 0 fully saturated rings. The molecule has 2 heterocycles. The maximum absolute atomic E-state index is 12.9. The molecule has 0 saturated heterocycles. The highest BCUT2D eigenvalue weighted by Gasteiger charge is 2.27. The van der Waals surface area contributed by atoms with Gasteiger partial charge in [-0.1, -0.05) is 17.7 Å². The molecule has 0 unspecified atom stereocenters. The molecule has 0 aliphatic carbocycles. The molecule has 3 aromatic rings. The highest BCUT2D eigenvalue weighted by Crippen LogP contribution is 2.29. The molecule has 1 N–H and O–H groups in total. The quantitative estimate of drug-likeness (QED) is 0.652. The molecular weight excluding hydrogens is 410 g/mol. The minimum absolute atomic E-state index is 0.145. The number of amides is 1. The van der Waals surface area contributed by atoms with Crippen LogP contribution in [0.4, 0.5) is 16.3 Å². The molecule has 10 heteroatoms. The second-order valence-electron chi connectivity index (χ2n) is 7.15. The number of benzene rings is 1. The van der Waals surface area contributed by atoms with E-state index in [4.69, 9.17) is 21.4 Å². The fourth-order valence-corrected chi connectivity index (χ4v) is 2.62. The Morgan fingerprint density at radius 1 is 1.03 bits per heavy atom. The summed E-state index contributed by atoms with van der Waals surface area (Å²) in [6, 6.07) is 6.63. The van der Waals surface area contributed by atoms with Gasteiger partial charge in [0.2, 0.25) is 0 Å². The van der Waals surface area contributed by atoms with Crippen LogP contribution >= 0.6 is 11.6 Å². The van der Waals surface area contributed by atoms with E-state index in [1.165, 1.54) is 23.5 Å². The van der Waals surface area contributed by atoms with Crippen LogP contribution in [0.1, 0.15) is 31.3 Å². The lowest BCUT2D eigenvalue weighted by Gasteiger charge is -2.27. The smallest absolute Gasteiger partial charge is 0.420 e. The lowest BCUT2D eigenvalue weighted by atomic mass is 10.2. The molecule has 154 valence electrons. The summed E-state index contributed by atoms with van der Waals surface area (Å²) in [6.07, 6.45) is 4.58. The fraction of sp³-hybridized carbons (Fsp3) is 0.200. The van der Waals surface area contributed by atoms with Crippen molar-refractivity contribution in [3.05, 3.63) is 59.8 Å². The van der Waals surface area contributed by atoms with Gasteiger partial charge in [0, 0.05) is 5.02 Å². The standard InChI is InChI=1S/C20H18ClN5O4/c1-20(2,3)30-19(29)26(13-6-4-5-12(21)7-13)17-11-23-9-15(25-17)14-8-22-10-16(24-14)18(27)28/h4-11H,1-3H3,(H,27,28). The van der Waals surface area contributed by atoms with Crippen molar-refractivity contribution in [2.75, 3.05) is 4.90 Å². The van der Waals surface area contributed by atoms with Crippen LogP contribution in [0.25, 0.3) is 11.4 Å². The molecule has 2 aromatic heterocycles. The first kappa shape index (κ1) is 21.1. The molecule has 1 amide bonds. The molecule has 9 nitrogen and oxygen atoms in total. The molecule has 3 rings (SSSR count). The third-order valence-corrected chi connectivity index (χ3v) is 3.84. The zero-order valence-corrected chi connectivity index (χ0v) is 17.2. The number of rotatable bonds is 4. The highest BCUT2D eigenvalue weighted by atomic mass is 35.5. The predicted molar refractivity (Wildman–Crippen MR) is 110 cm³/mol. The number of halogens is 1. The molecule has 0 aliphatic heterocycles. The van der Waals surface area contributed by atoms with Crippen molar-refractivity contribution in [3.8, 4) is 11.4 Å². The van der Waals surface area contributed by atoms with Crippen molar-refractivity contribution < 1.29 is 19.4 Å². The summed E-state index contributed by atoms with van der Waals surface area (Å²) in [4.78, 5) is 41.8. The van der Waals surface area contributed by atoms with Crippen molar-refractivity contribution >= 4 is 35.2 Å². The molecule has 0 bridgehead atoms. The second kappa shape index (κ2) is 8.42. The summed E-state index contributed by atoms with van der Waals surface area (Å²) >= 11 is 6.10. The summed E-state index contributed by atoms with van der Waals surface area (Å²) < 4.78 is 5.52. The summed E-state index contributed by atoms with van der Waals surface area (Å²) in [7, 11) is 0. The van der Waals surface area contributed by atoms with E-state index in [1.807, 2.05) is 0 Å². The summed E-state index contributed by atoms with van der Waals surface area (Å²) in [5.41, 5.74) is -0.134. The minimum Gasteiger partial charge on any atom is -0.476 e. The number of hydrogen-bond donors (Lipinski definition) is 1. The van der Waals surface area contributed by atoms with Crippen LogP contribution < -0.4 is 4.90 Å². The number of carboxylic acid groups (broad SMARTS) is 1. The first-order valence-electron chi connectivity index (χ1n) is 8.80. The maximum Gasteiger partial charge on any atom is 0.420 e. The summed E-state index contributed by atoms with van der Waals surface area (Å²) in [5.74, 6) is -1.07. The minimum atomic E-state index is -1.22. The molecule has 30 heavy (non-hydrogen) atoms. The van der Waals surface area contributed by atoms with Gasteiger partial charge in [-0.3, -0.25) is 9.97 Å². The van der Waals surface area contributed by atoms with E-state index in [2.05, 4.69) is 19.9 Å². The van der Waals surface area contributed by atoms with Crippen LogP contribution in [-0.4, -0.2) is 42.7 Å². The Hall–Kier alpha value is -3.59. The van der Waals surface area contributed by atoms with Gasteiger partial charge >= 0.3 is 12.1 Å². The van der Waals surface area contributed by atoms with Crippen LogP contribution in [0.15, 0.2) is 49.1 Å². The van der Waals surface area contributed by atoms with E-state index in [9.17, 15) is 9.59 Å². The molecule has 0 aliphatic rings. The number of hydrogen-bond acceptors (Lipinski definition) is 7. The average molecular weight is 428 g/mol. The summed E-state index contributed by atoms with van der Waals surface area (Å²) in [5, 5.41) is 9.56. The van der Waals surface area contributed by atoms with E-state index in [-0.39, 0.29) is 22.9 Å². The first-order chi connectivity index (χ1) is 14.1. The number of nitrogens with zero attached hydrogens (tertiary/aromatic N) is 5. The summed E-state index contributed by atoms with van der Waals surface area (Å²) in [6.45, 7) is 5.24. The van der Waals surface area contributed by atoms with Gasteiger partial charge in [0.05, 0.1) is 30.5 Å². The van der Waals surface area contributed by atoms with Crippen LogP contribution in [0.3, 0.4) is 0 Å². The zero-order valence-electron chi connectivity index (χ0n) is 16.4. The van der Waals surface area contributed by atoms with E-state index in [1.54, 1.807) is 45.0 Å². The Kier molecular flexibility index (Phi) is 5.93. The van der Waals surface area contributed by atoms with Gasteiger partial charge in [-0.25, -0.2) is 24.5 Å².